The van der Waals surface area contributed by atoms with Crippen LogP contribution in [0.2, 0.25) is 0 Å². The van der Waals surface area contributed by atoms with Crippen molar-refractivity contribution >= 4 is 35.8 Å². The molecule has 1 unspecified atom stereocenters. The summed E-state index contributed by atoms with van der Waals surface area (Å²) in [5, 5.41) is 3.44. The fraction of sp³-hybridized carbons (Fsp3) is 0.900. The summed E-state index contributed by atoms with van der Waals surface area (Å²) in [6.45, 7) is 8.50. The van der Waals surface area contributed by atoms with Gasteiger partial charge in [-0.25, -0.2) is 0 Å². The molecule has 1 aliphatic heterocycles. The molecule has 0 spiro atoms. The molecule has 7 heteroatoms. The van der Waals surface area contributed by atoms with Gasteiger partial charge in [0.25, 0.3) is 0 Å². The van der Waals surface area contributed by atoms with Gasteiger partial charge in [-0.15, -0.1) is 24.0 Å². The lowest BCUT2D eigenvalue weighted by Gasteiger charge is -2.38. The molecule has 2 aliphatic rings. The number of carbonyl (C=O) groups excluding carboxylic acids is 1. The molecule has 2 rings (SSSR count). The van der Waals surface area contributed by atoms with E-state index in [1.165, 1.54) is 19.3 Å². The second-order valence-electron chi connectivity index (χ2n) is 7.89. The molecule has 1 atom stereocenters. The standard InChI is InChI=1S/C20H38N4O2.HI/c1-3-13-26-20(10-6-5-7-11-20)16-23-19(22-4-2)24-12-8-9-17(15-24)14-18(21)25;/h17H,3-16H2,1-2H3,(H2,21,25)(H,22,23);1H. The number of nitrogens with zero attached hydrogens (tertiary/aromatic N) is 2. The van der Waals surface area contributed by atoms with Gasteiger partial charge in [-0.3, -0.25) is 9.79 Å². The van der Waals surface area contributed by atoms with Crippen molar-refractivity contribution in [1.82, 2.24) is 10.2 Å². The predicted octanol–water partition coefficient (Wildman–Crippen LogP) is 3.29. The van der Waals surface area contributed by atoms with Gasteiger partial charge >= 0.3 is 0 Å². The van der Waals surface area contributed by atoms with Gasteiger partial charge in [0.05, 0.1) is 12.1 Å². The Bertz CT molecular complexity index is 467. The Morgan fingerprint density at radius 2 is 2.00 bits per heavy atom. The number of piperidine rings is 1. The molecule has 0 radical (unpaired) electrons. The third-order valence-electron chi connectivity index (χ3n) is 5.54. The highest BCUT2D eigenvalue weighted by molar-refractivity contribution is 14.0. The fourth-order valence-electron chi connectivity index (χ4n) is 4.22. The lowest BCUT2D eigenvalue weighted by Crippen LogP contribution is -2.48. The number of nitrogens with one attached hydrogen (secondary N) is 1. The van der Waals surface area contributed by atoms with Crippen LogP contribution in [0.15, 0.2) is 4.99 Å². The molecular weight excluding hydrogens is 455 g/mol. The lowest BCUT2D eigenvalue weighted by molar-refractivity contribution is -0.119. The molecule has 1 saturated heterocycles. The molecule has 1 saturated carbocycles. The summed E-state index contributed by atoms with van der Waals surface area (Å²) in [5.41, 5.74) is 5.32. The topological polar surface area (TPSA) is 79.9 Å². The van der Waals surface area contributed by atoms with Gasteiger partial charge in [0.2, 0.25) is 5.91 Å². The van der Waals surface area contributed by atoms with Gasteiger partial charge in [0, 0.05) is 32.7 Å². The Morgan fingerprint density at radius 3 is 2.63 bits per heavy atom. The van der Waals surface area contributed by atoms with Crippen LogP contribution in [0.3, 0.4) is 0 Å². The van der Waals surface area contributed by atoms with Crippen molar-refractivity contribution in [3.8, 4) is 0 Å². The number of amides is 1. The molecule has 27 heavy (non-hydrogen) atoms. The van der Waals surface area contributed by atoms with Crippen LogP contribution < -0.4 is 11.1 Å². The molecule has 1 amide bonds. The molecule has 0 aromatic carbocycles. The Balaban J connectivity index is 0.00000364. The fourth-order valence-corrected chi connectivity index (χ4v) is 4.22. The number of halogens is 1. The molecule has 0 aromatic rings. The number of carbonyl (C=O) groups is 1. The van der Waals surface area contributed by atoms with Gasteiger partial charge in [0.15, 0.2) is 5.96 Å². The average Bonchev–Trinajstić information content (AvgIpc) is 2.64. The van der Waals surface area contributed by atoms with Crippen LogP contribution >= 0.6 is 24.0 Å². The van der Waals surface area contributed by atoms with E-state index in [0.29, 0.717) is 12.3 Å². The highest BCUT2D eigenvalue weighted by Crippen LogP contribution is 2.32. The number of nitrogens with two attached hydrogens (primary N) is 1. The highest BCUT2D eigenvalue weighted by Gasteiger charge is 2.33. The first-order valence-corrected chi connectivity index (χ1v) is 10.5. The second-order valence-corrected chi connectivity index (χ2v) is 7.89. The molecule has 0 bridgehead atoms. The Kier molecular flexibility index (Phi) is 11.6. The van der Waals surface area contributed by atoms with E-state index in [1.54, 1.807) is 0 Å². The van der Waals surface area contributed by atoms with E-state index < -0.39 is 0 Å². The number of ether oxygens (including phenoxy) is 1. The van der Waals surface area contributed by atoms with Crippen LogP contribution in [-0.2, 0) is 9.53 Å². The van der Waals surface area contributed by atoms with Crippen LogP contribution in [0.1, 0.15) is 71.6 Å². The summed E-state index contributed by atoms with van der Waals surface area (Å²) < 4.78 is 6.29. The molecular formula is C20H39IN4O2. The number of likely N-dealkylation sites (tertiary alicyclic amines) is 1. The first kappa shape index (κ1) is 24.5. The normalized spacial score (nSPS) is 22.8. The van der Waals surface area contributed by atoms with Crippen molar-refractivity contribution in [2.45, 2.75) is 77.2 Å². The maximum atomic E-state index is 11.3. The van der Waals surface area contributed by atoms with E-state index in [0.717, 1.165) is 70.8 Å². The van der Waals surface area contributed by atoms with Crippen molar-refractivity contribution in [2.24, 2.45) is 16.6 Å². The minimum absolute atomic E-state index is 0. The van der Waals surface area contributed by atoms with Crippen LogP contribution in [0.5, 0.6) is 0 Å². The smallest absolute Gasteiger partial charge is 0.217 e. The van der Waals surface area contributed by atoms with Gasteiger partial charge in [0.1, 0.15) is 0 Å². The minimum atomic E-state index is -0.201. The first-order valence-electron chi connectivity index (χ1n) is 10.5. The van der Waals surface area contributed by atoms with Crippen molar-refractivity contribution < 1.29 is 9.53 Å². The third-order valence-corrected chi connectivity index (χ3v) is 5.54. The monoisotopic (exact) mass is 494 g/mol. The molecule has 0 aromatic heterocycles. The van der Waals surface area contributed by atoms with E-state index in [-0.39, 0.29) is 35.5 Å². The summed E-state index contributed by atoms with van der Waals surface area (Å²) in [6.07, 6.45) is 9.68. The first-order chi connectivity index (χ1) is 12.6. The number of guanidine groups is 1. The lowest BCUT2D eigenvalue weighted by atomic mass is 9.84. The summed E-state index contributed by atoms with van der Waals surface area (Å²) >= 11 is 0. The van der Waals surface area contributed by atoms with E-state index in [1.807, 2.05) is 0 Å². The number of rotatable bonds is 8. The van der Waals surface area contributed by atoms with Crippen LogP contribution in [0.25, 0.3) is 0 Å². The van der Waals surface area contributed by atoms with E-state index in [4.69, 9.17) is 15.5 Å². The highest BCUT2D eigenvalue weighted by atomic mass is 127. The third kappa shape index (κ3) is 8.13. The molecule has 1 heterocycles. The average molecular weight is 494 g/mol. The molecule has 1 aliphatic carbocycles. The van der Waals surface area contributed by atoms with E-state index in [9.17, 15) is 4.79 Å². The zero-order chi connectivity index (χ0) is 18.8. The Hall–Kier alpha value is -0.570. The minimum Gasteiger partial charge on any atom is -0.373 e. The van der Waals surface area contributed by atoms with Crippen molar-refractivity contribution in [3.63, 3.8) is 0 Å². The molecule has 2 fully saturated rings. The quantitative estimate of drug-likeness (QED) is 0.308. The zero-order valence-corrected chi connectivity index (χ0v) is 19.5. The van der Waals surface area contributed by atoms with Gasteiger partial charge < -0.3 is 20.7 Å². The van der Waals surface area contributed by atoms with Crippen molar-refractivity contribution in [3.05, 3.63) is 0 Å². The van der Waals surface area contributed by atoms with Crippen molar-refractivity contribution in [2.75, 3.05) is 32.8 Å². The van der Waals surface area contributed by atoms with Gasteiger partial charge in [-0.2, -0.15) is 0 Å². The van der Waals surface area contributed by atoms with Gasteiger partial charge in [-0.05, 0) is 44.9 Å². The van der Waals surface area contributed by atoms with E-state index in [2.05, 4.69) is 24.1 Å². The maximum absolute atomic E-state index is 11.3. The van der Waals surface area contributed by atoms with Crippen LogP contribution in [-0.4, -0.2) is 55.2 Å². The van der Waals surface area contributed by atoms with Gasteiger partial charge in [-0.1, -0.05) is 26.2 Å². The summed E-state index contributed by atoms with van der Waals surface area (Å²) in [4.78, 5) is 18.6. The number of aliphatic imine (C=N–C) groups is 1. The number of hydrogen-bond donors (Lipinski definition) is 2. The summed E-state index contributed by atoms with van der Waals surface area (Å²) in [6, 6.07) is 0. The Labute approximate surface area is 182 Å². The van der Waals surface area contributed by atoms with E-state index >= 15 is 0 Å². The zero-order valence-electron chi connectivity index (χ0n) is 17.2. The summed E-state index contributed by atoms with van der Waals surface area (Å²) in [5.74, 6) is 1.10. The maximum Gasteiger partial charge on any atom is 0.217 e. The summed E-state index contributed by atoms with van der Waals surface area (Å²) in [7, 11) is 0. The predicted molar refractivity (Wildman–Crippen MR) is 122 cm³/mol. The Morgan fingerprint density at radius 1 is 1.26 bits per heavy atom. The SMILES string of the molecule is CCCOC1(CN=C(NCC)N2CCCC(CC(N)=O)C2)CCCCC1.I. The second kappa shape index (κ2) is 12.8. The molecule has 6 nitrogen and oxygen atoms in total. The van der Waals surface area contributed by atoms with Crippen LogP contribution in [0.4, 0.5) is 0 Å². The largest absolute Gasteiger partial charge is 0.373 e. The molecule has 3 N–H and O–H groups in total. The van der Waals surface area contributed by atoms with Crippen molar-refractivity contribution in [1.29, 1.82) is 0 Å². The number of hydrogen-bond acceptors (Lipinski definition) is 3. The molecule has 158 valence electrons. The number of primary amides is 1. The van der Waals surface area contributed by atoms with Crippen LogP contribution in [0, 0.1) is 5.92 Å².